The Morgan fingerprint density at radius 1 is 1.08 bits per heavy atom. The average molecular weight is 327 g/mol. The molecule has 24 heavy (non-hydrogen) atoms. The normalized spacial score (nSPS) is 13.4. The second-order valence-electron chi connectivity index (χ2n) is 5.86. The highest BCUT2D eigenvalue weighted by molar-refractivity contribution is 5.95. The highest BCUT2D eigenvalue weighted by Crippen LogP contribution is 2.30. The first-order valence-corrected chi connectivity index (χ1v) is 7.75. The molecule has 2 aromatic rings. The molecule has 0 aromatic heterocycles. The van der Waals surface area contributed by atoms with Crippen LogP contribution < -0.4 is 11.1 Å². The first kappa shape index (κ1) is 16.0. The lowest BCUT2D eigenvalue weighted by molar-refractivity contribution is 0.0730. The summed E-state index contributed by atoms with van der Waals surface area (Å²) in [6.07, 6.45) is 1.96. The van der Waals surface area contributed by atoms with Gasteiger partial charge in [0, 0.05) is 23.8 Å². The highest BCUT2D eigenvalue weighted by atomic mass is 19.1. The number of primary amides is 1. The van der Waals surface area contributed by atoms with E-state index in [1.807, 2.05) is 4.90 Å². The minimum atomic E-state index is -0.648. The largest absolute Gasteiger partial charge is 0.351 e. The van der Waals surface area contributed by atoms with E-state index in [9.17, 15) is 14.0 Å². The number of nitrogens with zero attached hydrogens (tertiary/aromatic N) is 1. The second-order valence-corrected chi connectivity index (χ2v) is 5.86. The zero-order valence-corrected chi connectivity index (χ0v) is 13.0. The molecule has 0 bridgehead atoms. The Kier molecular flexibility index (Phi) is 4.46. The summed E-state index contributed by atoms with van der Waals surface area (Å²) in [5, 5.41) is 2.46. The number of nitrogens with two attached hydrogens (primary N) is 1. The van der Waals surface area contributed by atoms with E-state index in [1.165, 1.54) is 12.1 Å². The SMILES string of the molecule is NC(=O)Nc1ccc(C(=O)N(Cc2ccc(F)cc2)C2CC2)cc1. The minimum absolute atomic E-state index is 0.0764. The van der Waals surface area contributed by atoms with Gasteiger partial charge in [0.15, 0.2) is 0 Å². The van der Waals surface area contributed by atoms with Gasteiger partial charge in [0.1, 0.15) is 5.82 Å². The monoisotopic (exact) mass is 327 g/mol. The smallest absolute Gasteiger partial charge is 0.316 e. The van der Waals surface area contributed by atoms with Crippen molar-refractivity contribution in [3.63, 3.8) is 0 Å². The quantitative estimate of drug-likeness (QED) is 0.885. The Hall–Kier alpha value is -2.89. The number of benzene rings is 2. The molecule has 0 unspecified atom stereocenters. The number of carbonyl (C=O) groups excluding carboxylic acids is 2. The molecule has 0 aliphatic heterocycles. The maximum absolute atomic E-state index is 13.0. The molecule has 0 saturated heterocycles. The molecule has 0 radical (unpaired) electrons. The molecule has 1 aliphatic carbocycles. The van der Waals surface area contributed by atoms with Crippen molar-refractivity contribution >= 4 is 17.6 Å². The third-order valence-electron chi connectivity index (χ3n) is 3.91. The summed E-state index contributed by atoms with van der Waals surface area (Å²) in [4.78, 5) is 25.4. The molecule has 3 rings (SSSR count). The highest BCUT2D eigenvalue weighted by Gasteiger charge is 2.33. The summed E-state index contributed by atoms with van der Waals surface area (Å²) < 4.78 is 13.0. The molecule has 6 heteroatoms. The zero-order chi connectivity index (χ0) is 17.1. The molecule has 3 N–H and O–H groups in total. The van der Waals surface area contributed by atoms with Crippen molar-refractivity contribution in [3.05, 3.63) is 65.5 Å². The third-order valence-corrected chi connectivity index (χ3v) is 3.91. The van der Waals surface area contributed by atoms with Crippen molar-refractivity contribution in [3.8, 4) is 0 Å². The molecule has 1 aliphatic rings. The Balaban J connectivity index is 1.74. The molecule has 5 nitrogen and oxygen atoms in total. The lowest BCUT2D eigenvalue weighted by Crippen LogP contribution is -2.32. The molecule has 1 saturated carbocycles. The summed E-state index contributed by atoms with van der Waals surface area (Å²) in [7, 11) is 0. The van der Waals surface area contributed by atoms with Gasteiger partial charge in [-0.05, 0) is 54.8 Å². The van der Waals surface area contributed by atoms with E-state index in [4.69, 9.17) is 5.73 Å². The van der Waals surface area contributed by atoms with Crippen LogP contribution in [-0.2, 0) is 6.54 Å². The predicted molar refractivity (Wildman–Crippen MR) is 88.9 cm³/mol. The summed E-state index contributed by atoms with van der Waals surface area (Å²) >= 11 is 0. The van der Waals surface area contributed by atoms with E-state index in [2.05, 4.69) is 5.32 Å². The minimum Gasteiger partial charge on any atom is -0.351 e. The standard InChI is InChI=1S/C18H18FN3O2/c19-14-5-1-12(2-6-14)11-22(16-9-10-16)17(23)13-3-7-15(8-4-13)21-18(20)24/h1-8,16H,9-11H2,(H3,20,21,24). The molecule has 0 spiro atoms. The lowest BCUT2D eigenvalue weighted by Gasteiger charge is -2.23. The summed E-state index contributed by atoms with van der Waals surface area (Å²) in [5.74, 6) is -0.368. The molecule has 0 atom stereocenters. The molecule has 0 heterocycles. The van der Waals surface area contributed by atoms with Crippen molar-refractivity contribution in [1.82, 2.24) is 4.90 Å². The van der Waals surface area contributed by atoms with Gasteiger partial charge in [-0.3, -0.25) is 4.79 Å². The number of hydrogen-bond acceptors (Lipinski definition) is 2. The number of carbonyl (C=O) groups is 2. The van der Waals surface area contributed by atoms with Crippen LogP contribution in [0.1, 0.15) is 28.8 Å². The second kappa shape index (κ2) is 6.70. The van der Waals surface area contributed by atoms with Crippen LogP contribution in [0.15, 0.2) is 48.5 Å². The molecule has 2 aromatic carbocycles. The van der Waals surface area contributed by atoms with Crippen LogP contribution in [-0.4, -0.2) is 22.9 Å². The first-order valence-electron chi connectivity index (χ1n) is 7.75. The van der Waals surface area contributed by atoms with Crippen LogP contribution in [0.3, 0.4) is 0 Å². The number of hydrogen-bond donors (Lipinski definition) is 2. The fourth-order valence-corrected chi connectivity index (χ4v) is 2.54. The van der Waals surface area contributed by atoms with Crippen LogP contribution in [0.5, 0.6) is 0 Å². The zero-order valence-electron chi connectivity index (χ0n) is 13.0. The van der Waals surface area contributed by atoms with Gasteiger partial charge in [0.05, 0.1) is 0 Å². The van der Waals surface area contributed by atoms with Gasteiger partial charge in [-0.2, -0.15) is 0 Å². The Morgan fingerprint density at radius 2 is 1.71 bits per heavy atom. The molecule has 1 fully saturated rings. The Labute approximate surface area is 139 Å². The van der Waals surface area contributed by atoms with Gasteiger partial charge in [0.2, 0.25) is 0 Å². The van der Waals surface area contributed by atoms with E-state index in [0.29, 0.717) is 17.8 Å². The summed E-state index contributed by atoms with van der Waals surface area (Å²) in [6, 6.07) is 12.4. The molecule has 124 valence electrons. The topological polar surface area (TPSA) is 75.4 Å². The Morgan fingerprint density at radius 3 is 2.25 bits per heavy atom. The molecular weight excluding hydrogens is 309 g/mol. The van der Waals surface area contributed by atoms with E-state index < -0.39 is 6.03 Å². The van der Waals surface area contributed by atoms with Crippen LogP contribution in [0, 0.1) is 5.82 Å². The summed E-state index contributed by atoms with van der Waals surface area (Å²) in [6.45, 7) is 0.449. The van der Waals surface area contributed by atoms with Crippen molar-refractivity contribution in [2.24, 2.45) is 5.73 Å². The van der Waals surface area contributed by atoms with Gasteiger partial charge in [0.25, 0.3) is 5.91 Å². The fourth-order valence-electron chi connectivity index (χ4n) is 2.54. The van der Waals surface area contributed by atoms with Gasteiger partial charge in [-0.1, -0.05) is 12.1 Å². The number of anilines is 1. The maximum Gasteiger partial charge on any atom is 0.316 e. The number of rotatable bonds is 5. The number of nitrogens with one attached hydrogen (secondary N) is 1. The van der Waals surface area contributed by atoms with Crippen LogP contribution in [0.2, 0.25) is 0 Å². The third kappa shape index (κ3) is 3.90. The van der Waals surface area contributed by atoms with E-state index in [1.54, 1.807) is 36.4 Å². The Bertz CT molecular complexity index is 740. The van der Waals surface area contributed by atoms with Crippen molar-refractivity contribution in [2.75, 3.05) is 5.32 Å². The van der Waals surface area contributed by atoms with Crippen LogP contribution in [0.4, 0.5) is 14.9 Å². The van der Waals surface area contributed by atoms with Gasteiger partial charge in [-0.15, -0.1) is 0 Å². The number of urea groups is 1. The van der Waals surface area contributed by atoms with E-state index >= 15 is 0 Å². The van der Waals surface area contributed by atoms with Crippen molar-refractivity contribution in [2.45, 2.75) is 25.4 Å². The molecular formula is C18H18FN3O2. The van der Waals surface area contributed by atoms with Crippen molar-refractivity contribution in [1.29, 1.82) is 0 Å². The van der Waals surface area contributed by atoms with Gasteiger partial charge < -0.3 is 16.0 Å². The average Bonchev–Trinajstić information content (AvgIpc) is 3.39. The van der Waals surface area contributed by atoms with Crippen molar-refractivity contribution < 1.29 is 14.0 Å². The predicted octanol–water partition coefficient (Wildman–Crippen LogP) is 3.12. The first-order chi connectivity index (χ1) is 11.5. The van der Waals surface area contributed by atoms with Gasteiger partial charge in [-0.25, -0.2) is 9.18 Å². The lowest BCUT2D eigenvalue weighted by atomic mass is 10.1. The van der Waals surface area contributed by atoms with Crippen LogP contribution >= 0.6 is 0 Å². The van der Waals surface area contributed by atoms with Gasteiger partial charge >= 0.3 is 6.03 Å². The number of amides is 3. The van der Waals surface area contributed by atoms with Crippen LogP contribution in [0.25, 0.3) is 0 Å². The van der Waals surface area contributed by atoms with E-state index in [0.717, 1.165) is 18.4 Å². The van der Waals surface area contributed by atoms with E-state index in [-0.39, 0.29) is 17.8 Å². The number of halogens is 1. The fraction of sp³-hybridized carbons (Fsp3) is 0.222. The molecule has 3 amide bonds. The maximum atomic E-state index is 13.0. The summed E-state index contributed by atoms with van der Waals surface area (Å²) in [5.41, 5.74) is 7.03.